The highest BCUT2D eigenvalue weighted by atomic mass is 35.5. The average molecular weight is 299 g/mol. The van der Waals surface area contributed by atoms with Gasteiger partial charge in [0, 0.05) is 17.7 Å². The molecule has 0 aliphatic carbocycles. The van der Waals surface area contributed by atoms with Crippen LogP contribution in [0.3, 0.4) is 0 Å². The third kappa shape index (κ3) is 5.02. The standard InChI is InChI=1S/C15H23ClN2O2/c1-4-14(12-5-7-13(16)8-6-12)18-15(20)17-11(3)10(2)9-19/h5-8,10-11,14,19H,4,9H2,1-3H3,(H2,17,18,20). The smallest absolute Gasteiger partial charge is 0.315 e. The number of halogens is 1. The van der Waals surface area contributed by atoms with Gasteiger partial charge in [-0.25, -0.2) is 4.79 Å². The van der Waals surface area contributed by atoms with Gasteiger partial charge in [-0.3, -0.25) is 0 Å². The molecule has 1 aromatic rings. The first-order valence-corrected chi connectivity index (χ1v) is 7.29. The predicted octanol–water partition coefficient (Wildman–Crippen LogP) is 3.11. The maximum atomic E-state index is 12.0. The minimum absolute atomic E-state index is 0.0244. The lowest BCUT2D eigenvalue weighted by Crippen LogP contribution is -2.45. The molecule has 1 rings (SSSR count). The maximum absolute atomic E-state index is 12.0. The third-order valence-corrected chi connectivity index (χ3v) is 3.74. The summed E-state index contributed by atoms with van der Waals surface area (Å²) in [5, 5.41) is 15.5. The van der Waals surface area contributed by atoms with Gasteiger partial charge in [0.2, 0.25) is 0 Å². The quantitative estimate of drug-likeness (QED) is 0.756. The molecule has 2 amide bonds. The normalized spacial score (nSPS) is 15.2. The first kappa shape index (κ1) is 16.8. The van der Waals surface area contributed by atoms with Crippen LogP contribution in [0.5, 0.6) is 0 Å². The number of amides is 2. The summed E-state index contributed by atoms with van der Waals surface area (Å²) in [7, 11) is 0. The van der Waals surface area contributed by atoms with E-state index in [1.807, 2.05) is 45.0 Å². The molecule has 112 valence electrons. The molecule has 0 heterocycles. The second-order valence-electron chi connectivity index (χ2n) is 5.08. The predicted molar refractivity (Wildman–Crippen MR) is 81.9 cm³/mol. The van der Waals surface area contributed by atoms with E-state index < -0.39 is 0 Å². The van der Waals surface area contributed by atoms with E-state index in [4.69, 9.17) is 16.7 Å². The van der Waals surface area contributed by atoms with Gasteiger partial charge in [-0.05, 0) is 37.0 Å². The zero-order chi connectivity index (χ0) is 15.1. The molecule has 1 aromatic carbocycles. The molecule has 3 N–H and O–H groups in total. The fraction of sp³-hybridized carbons (Fsp3) is 0.533. The lowest BCUT2D eigenvalue weighted by Gasteiger charge is -2.23. The van der Waals surface area contributed by atoms with Gasteiger partial charge >= 0.3 is 6.03 Å². The van der Waals surface area contributed by atoms with E-state index in [2.05, 4.69) is 10.6 Å². The third-order valence-electron chi connectivity index (χ3n) is 3.49. The van der Waals surface area contributed by atoms with Gasteiger partial charge in [0.1, 0.15) is 0 Å². The van der Waals surface area contributed by atoms with E-state index >= 15 is 0 Å². The van der Waals surface area contributed by atoms with Crippen LogP contribution < -0.4 is 10.6 Å². The summed E-state index contributed by atoms with van der Waals surface area (Å²) in [6.07, 6.45) is 0.791. The van der Waals surface area contributed by atoms with Gasteiger partial charge in [0.05, 0.1) is 6.04 Å². The number of nitrogens with one attached hydrogen (secondary N) is 2. The maximum Gasteiger partial charge on any atom is 0.315 e. The van der Waals surface area contributed by atoms with Crippen LogP contribution in [-0.2, 0) is 0 Å². The van der Waals surface area contributed by atoms with Gasteiger partial charge in [-0.2, -0.15) is 0 Å². The molecule has 0 fully saturated rings. The van der Waals surface area contributed by atoms with Crippen LogP contribution in [0.15, 0.2) is 24.3 Å². The highest BCUT2D eigenvalue weighted by Gasteiger charge is 2.17. The Morgan fingerprint density at radius 2 is 1.85 bits per heavy atom. The molecule has 3 unspecified atom stereocenters. The highest BCUT2D eigenvalue weighted by Crippen LogP contribution is 2.19. The van der Waals surface area contributed by atoms with Crippen molar-refractivity contribution in [2.45, 2.75) is 39.3 Å². The number of carbonyl (C=O) groups excluding carboxylic acids is 1. The molecule has 0 aliphatic rings. The lowest BCUT2D eigenvalue weighted by atomic mass is 10.0. The average Bonchev–Trinajstić information content (AvgIpc) is 2.44. The molecular formula is C15H23ClN2O2. The molecule has 0 saturated carbocycles. The number of benzene rings is 1. The second-order valence-corrected chi connectivity index (χ2v) is 5.52. The van der Waals surface area contributed by atoms with Gasteiger partial charge in [-0.15, -0.1) is 0 Å². The van der Waals surface area contributed by atoms with Crippen LogP contribution >= 0.6 is 11.6 Å². The van der Waals surface area contributed by atoms with Gasteiger partial charge in [-0.1, -0.05) is 37.6 Å². The topological polar surface area (TPSA) is 61.4 Å². The van der Waals surface area contributed by atoms with E-state index in [1.54, 1.807) is 0 Å². The Morgan fingerprint density at radius 1 is 1.25 bits per heavy atom. The Hall–Kier alpha value is -1.26. The zero-order valence-electron chi connectivity index (χ0n) is 12.2. The van der Waals surface area contributed by atoms with Crippen LogP contribution in [0.2, 0.25) is 5.02 Å². The van der Waals surface area contributed by atoms with Crippen molar-refractivity contribution in [2.24, 2.45) is 5.92 Å². The van der Waals surface area contributed by atoms with Crippen LogP contribution in [0, 0.1) is 5.92 Å². The Bertz CT molecular complexity index is 422. The molecule has 3 atom stereocenters. The van der Waals surface area contributed by atoms with Crippen LogP contribution in [0.25, 0.3) is 0 Å². The minimum atomic E-state index is -0.223. The molecule has 4 nitrogen and oxygen atoms in total. The first-order chi connectivity index (χ1) is 9.47. The van der Waals surface area contributed by atoms with Crippen molar-refractivity contribution in [2.75, 3.05) is 6.61 Å². The molecular weight excluding hydrogens is 276 g/mol. The van der Waals surface area contributed by atoms with Gasteiger partial charge in [0.25, 0.3) is 0 Å². The highest BCUT2D eigenvalue weighted by molar-refractivity contribution is 6.30. The monoisotopic (exact) mass is 298 g/mol. The van der Waals surface area contributed by atoms with E-state index in [1.165, 1.54) is 0 Å². The Kier molecular flexibility index (Phi) is 6.82. The molecule has 5 heteroatoms. The Morgan fingerprint density at radius 3 is 2.35 bits per heavy atom. The van der Waals surface area contributed by atoms with E-state index in [0.29, 0.717) is 5.02 Å². The fourth-order valence-electron chi connectivity index (χ4n) is 1.82. The summed E-state index contributed by atoms with van der Waals surface area (Å²) < 4.78 is 0. The number of hydrogen-bond donors (Lipinski definition) is 3. The summed E-state index contributed by atoms with van der Waals surface area (Å²) in [6.45, 7) is 5.83. The van der Waals surface area contributed by atoms with Gasteiger partial charge < -0.3 is 15.7 Å². The summed E-state index contributed by atoms with van der Waals surface area (Å²) >= 11 is 5.86. The van der Waals surface area contributed by atoms with E-state index in [0.717, 1.165) is 12.0 Å². The summed E-state index contributed by atoms with van der Waals surface area (Å²) in [6, 6.07) is 7.10. The van der Waals surface area contributed by atoms with Crippen molar-refractivity contribution in [3.63, 3.8) is 0 Å². The summed E-state index contributed by atoms with van der Waals surface area (Å²) in [5.41, 5.74) is 1.02. The summed E-state index contributed by atoms with van der Waals surface area (Å²) in [5.74, 6) is 0.0244. The number of aliphatic hydroxyl groups is 1. The Labute approximate surface area is 125 Å². The minimum Gasteiger partial charge on any atom is -0.396 e. The van der Waals surface area contributed by atoms with Crippen molar-refractivity contribution in [1.82, 2.24) is 10.6 Å². The molecule has 0 saturated heterocycles. The molecule has 0 bridgehead atoms. The summed E-state index contributed by atoms with van der Waals surface area (Å²) in [4.78, 5) is 12.0. The zero-order valence-corrected chi connectivity index (χ0v) is 12.9. The molecule has 20 heavy (non-hydrogen) atoms. The van der Waals surface area contributed by atoms with Crippen LogP contribution in [0.4, 0.5) is 4.79 Å². The fourth-order valence-corrected chi connectivity index (χ4v) is 1.95. The first-order valence-electron chi connectivity index (χ1n) is 6.91. The van der Waals surface area contributed by atoms with E-state index in [9.17, 15) is 4.79 Å². The SMILES string of the molecule is CCC(NC(=O)NC(C)C(C)CO)c1ccc(Cl)cc1. The van der Waals surface area contributed by atoms with Crippen LogP contribution in [-0.4, -0.2) is 23.8 Å². The van der Waals surface area contributed by atoms with Crippen molar-refractivity contribution in [1.29, 1.82) is 0 Å². The van der Waals surface area contributed by atoms with Crippen molar-refractivity contribution in [3.8, 4) is 0 Å². The van der Waals surface area contributed by atoms with Crippen molar-refractivity contribution >= 4 is 17.6 Å². The Balaban J connectivity index is 2.60. The number of aliphatic hydroxyl groups excluding tert-OH is 1. The van der Waals surface area contributed by atoms with E-state index in [-0.39, 0.29) is 30.6 Å². The second kappa shape index (κ2) is 8.12. The van der Waals surface area contributed by atoms with Crippen molar-refractivity contribution in [3.05, 3.63) is 34.9 Å². The molecule has 0 radical (unpaired) electrons. The van der Waals surface area contributed by atoms with Crippen LogP contribution in [0.1, 0.15) is 38.8 Å². The number of hydrogen-bond acceptors (Lipinski definition) is 2. The number of rotatable bonds is 6. The lowest BCUT2D eigenvalue weighted by molar-refractivity contribution is 0.199. The molecule has 0 aromatic heterocycles. The molecule has 0 aliphatic heterocycles. The largest absolute Gasteiger partial charge is 0.396 e. The number of carbonyl (C=O) groups is 1. The molecule has 0 spiro atoms. The van der Waals surface area contributed by atoms with Crippen molar-refractivity contribution < 1.29 is 9.90 Å². The van der Waals surface area contributed by atoms with Gasteiger partial charge in [0.15, 0.2) is 0 Å². The number of urea groups is 1.